The van der Waals surface area contributed by atoms with Gasteiger partial charge in [0.1, 0.15) is 12.4 Å². The van der Waals surface area contributed by atoms with E-state index in [2.05, 4.69) is 4.98 Å². The average molecular weight is 331 g/mol. The molecule has 0 unspecified atom stereocenters. The Morgan fingerprint density at radius 1 is 0.800 bits per heavy atom. The molecule has 0 saturated heterocycles. The molecule has 3 aromatic rings. The molecule has 0 amide bonds. The summed E-state index contributed by atoms with van der Waals surface area (Å²) in [6.45, 7) is 0.466. The van der Waals surface area contributed by atoms with Crippen molar-refractivity contribution in [3.8, 4) is 5.75 Å². The van der Waals surface area contributed by atoms with Crippen LogP contribution >= 0.6 is 0 Å². The Hall–Kier alpha value is -3.27. The third-order valence-electron chi connectivity index (χ3n) is 3.73. The number of hydrogen-bond acceptors (Lipinski definition) is 4. The highest BCUT2D eigenvalue weighted by molar-refractivity contribution is 6.13. The van der Waals surface area contributed by atoms with Crippen LogP contribution in [-0.2, 0) is 6.61 Å². The highest BCUT2D eigenvalue weighted by atomic mass is 16.5. The molecule has 0 fully saturated rings. The molecular formula is C21H17NO3. The van der Waals surface area contributed by atoms with Crippen LogP contribution < -0.4 is 4.74 Å². The predicted octanol–water partition coefficient (Wildman–Crippen LogP) is 4.12. The molecule has 3 rings (SSSR count). The smallest absolute Gasteiger partial charge is 0.172 e. The number of aromatic nitrogens is 1. The molecule has 0 saturated carbocycles. The zero-order chi connectivity index (χ0) is 17.5. The van der Waals surface area contributed by atoms with Gasteiger partial charge in [-0.3, -0.25) is 14.6 Å². The topological polar surface area (TPSA) is 56.3 Å². The van der Waals surface area contributed by atoms with E-state index in [9.17, 15) is 9.59 Å². The van der Waals surface area contributed by atoms with Gasteiger partial charge in [0.2, 0.25) is 0 Å². The van der Waals surface area contributed by atoms with Gasteiger partial charge < -0.3 is 4.74 Å². The minimum absolute atomic E-state index is 0.171. The largest absolute Gasteiger partial charge is 0.489 e. The quantitative estimate of drug-likeness (QED) is 0.483. The van der Waals surface area contributed by atoms with Crippen LogP contribution in [0.5, 0.6) is 5.75 Å². The molecule has 0 aliphatic heterocycles. The Morgan fingerprint density at radius 2 is 1.52 bits per heavy atom. The summed E-state index contributed by atoms with van der Waals surface area (Å²) in [7, 11) is 0. The maximum Gasteiger partial charge on any atom is 0.172 e. The number of carbonyl (C=O) groups is 2. The van der Waals surface area contributed by atoms with Crippen molar-refractivity contribution in [3.63, 3.8) is 0 Å². The standard InChI is InChI=1S/C21H17NO3/c23-20(13-21(24)18-7-4-12-22-14-18)17-8-10-19(11-9-17)25-15-16-5-2-1-3-6-16/h1-12,14H,13,15H2. The van der Waals surface area contributed by atoms with E-state index in [0.29, 0.717) is 23.5 Å². The Bertz CT molecular complexity index is 843. The van der Waals surface area contributed by atoms with E-state index in [0.717, 1.165) is 5.56 Å². The van der Waals surface area contributed by atoms with E-state index >= 15 is 0 Å². The van der Waals surface area contributed by atoms with Crippen molar-refractivity contribution >= 4 is 11.6 Å². The molecule has 0 bridgehead atoms. The van der Waals surface area contributed by atoms with E-state index in [1.54, 1.807) is 42.6 Å². The average Bonchev–Trinajstić information content (AvgIpc) is 2.68. The number of pyridine rings is 1. The lowest BCUT2D eigenvalue weighted by Crippen LogP contribution is -2.08. The maximum atomic E-state index is 12.2. The number of hydrogen-bond donors (Lipinski definition) is 0. The third-order valence-corrected chi connectivity index (χ3v) is 3.73. The van der Waals surface area contributed by atoms with Crippen molar-refractivity contribution < 1.29 is 14.3 Å². The second-order valence-electron chi connectivity index (χ2n) is 5.56. The van der Waals surface area contributed by atoms with Gasteiger partial charge in [-0.1, -0.05) is 30.3 Å². The fraction of sp³-hybridized carbons (Fsp3) is 0.0952. The summed E-state index contributed by atoms with van der Waals surface area (Å²) in [5, 5.41) is 0. The Kier molecular flexibility index (Phi) is 5.32. The first kappa shape index (κ1) is 16.6. The van der Waals surface area contributed by atoms with Gasteiger partial charge in [0, 0.05) is 23.5 Å². The molecule has 0 aliphatic rings. The molecular weight excluding hydrogens is 314 g/mol. The van der Waals surface area contributed by atoms with Gasteiger partial charge in [0.05, 0.1) is 6.42 Å². The maximum absolute atomic E-state index is 12.2. The lowest BCUT2D eigenvalue weighted by atomic mass is 10.0. The monoisotopic (exact) mass is 331 g/mol. The predicted molar refractivity (Wildman–Crippen MR) is 94.7 cm³/mol. The van der Waals surface area contributed by atoms with Gasteiger partial charge in [0.25, 0.3) is 0 Å². The van der Waals surface area contributed by atoms with Crippen molar-refractivity contribution in [2.45, 2.75) is 13.0 Å². The third kappa shape index (κ3) is 4.61. The Labute approximate surface area is 146 Å². The van der Waals surface area contributed by atoms with Crippen molar-refractivity contribution in [1.82, 2.24) is 4.98 Å². The number of ketones is 2. The van der Waals surface area contributed by atoms with Crippen LogP contribution in [0.3, 0.4) is 0 Å². The molecule has 0 aliphatic carbocycles. The van der Waals surface area contributed by atoms with Crippen LogP contribution in [0.4, 0.5) is 0 Å². The molecule has 4 heteroatoms. The summed E-state index contributed by atoms with van der Waals surface area (Å²) >= 11 is 0. The van der Waals surface area contributed by atoms with Crippen LogP contribution in [0.25, 0.3) is 0 Å². The number of carbonyl (C=O) groups excluding carboxylic acids is 2. The first-order valence-electron chi connectivity index (χ1n) is 7.95. The van der Waals surface area contributed by atoms with Gasteiger partial charge in [0.15, 0.2) is 11.6 Å². The van der Waals surface area contributed by atoms with Crippen LogP contribution in [-0.4, -0.2) is 16.6 Å². The van der Waals surface area contributed by atoms with Crippen LogP contribution in [0.15, 0.2) is 79.1 Å². The van der Waals surface area contributed by atoms with Crippen molar-refractivity contribution in [2.75, 3.05) is 0 Å². The highest BCUT2D eigenvalue weighted by Crippen LogP contribution is 2.16. The Morgan fingerprint density at radius 3 is 2.20 bits per heavy atom. The molecule has 1 aromatic heterocycles. The summed E-state index contributed by atoms with van der Waals surface area (Å²) < 4.78 is 5.69. The zero-order valence-electron chi connectivity index (χ0n) is 13.6. The van der Waals surface area contributed by atoms with E-state index in [1.807, 2.05) is 30.3 Å². The van der Waals surface area contributed by atoms with Gasteiger partial charge >= 0.3 is 0 Å². The molecule has 2 aromatic carbocycles. The molecule has 124 valence electrons. The first-order valence-corrected chi connectivity index (χ1v) is 7.95. The van der Waals surface area contributed by atoms with E-state index < -0.39 is 0 Å². The molecule has 4 nitrogen and oxygen atoms in total. The lowest BCUT2D eigenvalue weighted by Gasteiger charge is -2.07. The summed E-state index contributed by atoms with van der Waals surface area (Å²) in [6, 6.07) is 20.0. The van der Waals surface area contributed by atoms with Crippen LogP contribution in [0.2, 0.25) is 0 Å². The number of rotatable bonds is 7. The molecule has 0 atom stereocenters. The molecule has 1 heterocycles. The minimum Gasteiger partial charge on any atom is -0.489 e. The summed E-state index contributed by atoms with van der Waals surface area (Å²) in [6.07, 6.45) is 2.89. The summed E-state index contributed by atoms with van der Waals surface area (Å²) in [4.78, 5) is 28.2. The lowest BCUT2D eigenvalue weighted by molar-refractivity contribution is 0.0894. The number of Topliss-reactive ketones (excluding diaryl/α,β-unsaturated/α-hetero) is 2. The first-order chi connectivity index (χ1) is 12.2. The second kappa shape index (κ2) is 8.02. The Balaban J connectivity index is 1.58. The second-order valence-corrected chi connectivity index (χ2v) is 5.56. The van der Waals surface area contributed by atoms with Gasteiger partial charge in [-0.15, -0.1) is 0 Å². The number of ether oxygens (including phenoxy) is 1. The normalized spacial score (nSPS) is 10.2. The molecule has 25 heavy (non-hydrogen) atoms. The van der Waals surface area contributed by atoms with Crippen molar-refractivity contribution in [3.05, 3.63) is 95.8 Å². The van der Waals surface area contributed by atoms with E-state index in [4.69, 9.17) is 4.74 Å². The number of nitrogens with zero attached hydrogens (tertiary/aromatic N) is 1. The molecule has 0 spiro atoms. The van der Waals surface area contributed by atoms with Crippen molar-refractivity contribution in [1.29, 1.82) is 0 Å². The van der Waals surface area contributed by atoms with E-state index in [-0.39, 0.29) is 18.0 Å². The van der Waals surface area contributed by atoms with Gasteiger partial charge in [-0.2, -0.15) is 0 Å². The molecule has 0 N–H and O–H groups in total. The minimum atomic E-state index is -0.234. The molecule has 0 radical (unpaired) electrons. The fourth-order valence-corrected chi connectivity index (χ4v) is 2.36. The number of benzene rings is 2. The fourth-order valence-electron chi connectivity index (χ4n) is 2.36. The highest BCUT2D eigenvalue weighted by Gasteiger charge is 2.13. The zero-order valence-corrected chi connectivity index (χ0v) is 13.6. The summed E-state index contributed by atoms with van der Waals surface area (Å²) in [5.41, 5.74) is 2.01. The van der Waals surface area contributed by atoms with Crippen LogP contribution in [0, 0.1) is 0 Å². The van der Waals surface area contributed by atoms with Gasteiger partial charge in [-0.05, 0) is 42.0 Å². The van der Waals surface area contributed by atoms with Gasteiger partial charge in [-0.25, -0.2) is 0 Å². The van der Waals surface area contributed by atoms with E-state index in [1.165, 1.54) is 6.20 Å². The SMILES string of the molecule is O=C(CC(=O)c1cccnc1)c1ccc(OCc2ccccc2)cc1. The van der Waals surface area contributed by atoms with Crippen molar-refractivity contribution in [2.24, 2.45) is 0 Å². The summed E-state index contributed by atoms with van der Waals surface area (Å²) in [5.74, 6) is 0.227. The van der Waals surface area contributed by atoms with Crippen LogP contribution in [0.1, 0.15) is 32.7 Å².